The van der Waals surface area contributed by atoms with Crippen molar-refractivity contribution in [2.45, 2.75) is 18.8 Å². The van der Waals surface area contributed by atoms with Crippen LogP contribution in [0.3, 0.4) is 0 Å². The minimum Gasteiger partial charge on any atom is -0.266 e. The molecule has 3 heterocycles. The summed E-state index contributed by atoms with van der Waals surface area (Å²) >= 11 is 0. The van der Waals surface area contributed by atoms with E-state index < -0.39 is 10.0 Å². The van der Waals surface area contributed by atoms with Gasteiger partial charge in [0.25, 0.3) is 0 Å². The Morgan fingerprint density at radius 2 is 2.09 bits per heavy atom. The first-order valence-electron chi connectivity index (χ1n) is 7.35. The second-order valence-electron chi connectivity index (χ2n) is 5.75. The molecule has 1 fully saturated rings. The van der Waals surface area contributed by atoms with Gasteiger partial charge in [-0.2, -0.15) is 5.10 Å². The van der Waals surface area contributed by atoms with E-state index in [1.165, 1.54) is 6.26 Å². The summed E-state index contributed by atoms with van der Waals surface area (Å²) < 4.78 is 26.9. The van der Waals surface area contributed by atoms with Crippen LogP contribution < -0.4 is 0 Å². The molecule has 0 spiro atoms. The van der Waals surface area contributed by atoms with E-state index in [1.54, 1.807) is 15.2 Å². The molecule has 3 rings (SSSR count). The quantitative estimate of drug-likeness (QED) is 0.862. The third-order valence-corrected chi connectivity index (χ3v) is 5.40. The minimum absolute atomic E-state index is 0.150. The Morgan fingerprint density at radius 3 is 2.77 bits per heavy atom. The molecule has 1 atom stereocenters. The maximum Gasteiger partial charge on any atom is 0.211 e. The van der Waals surface area contributed by atoms with Crippen molar-refractivity contribution in [3.8, 4) is 11.4 Å². The Morgan fingerprint density at radius 1 is 1.27 bits per heavy atom. The molecule has 1 aliphatic rings. The maximum absolute atomic E-state index is 11.8. The molecule has 2 aromatic heterocycles. The molecule has 6 nitrogen and oxygen atoms in total. The maximum atomic E-state index is 11.8. The van der Waals surface area contributed by atoms with E-state index in [1.807, 2.05) is 31.3 Å². The molecule has 0 amide bonds. The van der Waals surface area contributed by atoms with Gasteiger partial charge in [-0.15, -0.1) is 0 Å². The van der Waals surface area contributed by atoms with Crippen LogP contribution in [-0.4, -0.2) is 46.8 Å². The van der Waals surface area contributed by atoms with Gasteiger partial charge < -0.3 is 0 Å². The van der Waals surface area contributed by atoms with Gasteiger partial charge in [0.1, 0.15) is 0 Å². The molecule has 0 bridgehead atoms. The highest BCUT2D eigenvalue weighted by Gasteiger charge is 2.27. The molecule has 0 unspecified atom stereocenters. The van der Waals surface area contributed by atoms with Crippen molar-refractivity contribution in [3.63, 3.8) is 0 Å². The second kappa shape index (κ2) is 5.81. The highest BCUT2D eigenvalue weighted by atomic mass is 32.2. The largest absolute Gasteiger partial charge is 0.266 e. The van der Waals surface area contributed by atoms with Gasteiger partial charge in [0.05, 0.1) is 17.6 Å². The van der Waals surface area contributed by atoms with E-state index in [0.29, 0.717) is 13.1 Å². The van der Waals surface area contributed by atoms with Crippen LogP contribution >= 0.6 is 0 Å². The average molecular weight is 320 g/mol. The van der Waals surface area contributed by atoms with Gasteiger partial charge in [-0.25, -0.2) is 12.7 Å². The summed E-state index contributed by atoms with van der Waals surface area (Å²) in [6.45, 7) is 1.12. The molecule has 0 aliphatic carbocycles. The summed E-state index contributed by atoms with van der Waals surface area (Å²) in [4.78, 5) is 4.73. The number of hydrogen-bond donors (Lipinski definition) is 0. The molecule has 118 valence electrons. The zero-order valence-corrected chi connectivity index (χ0v) is 13.6. The Bertz CT molecular complexity index is 769. The Kier molecular flexibility index (Phi) is 4.01. The van der Waals surface area contributed by atoms with Crippen LogP contribution in [-0.2, 0) is 17.1 Å². The van der Waals surface area contributed by atoms with E-state index in [9.17, 15) is 8.42 Å². The van der Waals surface area contributed by atoms with Gasteiger partial charge >= 0.3 is 0 Å². The van der Waals surface area contributed by atoms with Crippen molar-refractivity contribution in [2.24, 2.45) is 7.05 Å². The number of rotatable bonds is 3. The highest BCUT2D eigenvalue weighted by Crippen LogP contribution is 2.28. The first-order chi connectivity index (χ1) is 10.4. The monoisotopic (exact) mass is 320 g/mol. The summed E-state index contributed by atoms with van der Waals surface area (Å²) in [6, 6.07) is 7.84. The lowest BCUT2D eigenvalue weighted by atomic mass is 9.95. The molecule has 0 radical (unpaired) electrons. The minimum atomic E-state index is -3.14. The van der Waals surface area contributed by atoms with Gasteiger partial charge in [-0.1, -0.05) is 6.07 Å². The molecule has 7 heteroatoms. The zero-order valence-electron chi connectivity index (χ0n) is 12.8. The molecular weight excluding hydrogens is 300 g/mol. The van der Waals surface area contributed by atoms with Crippen LogP contribution in [0.15, 0.2) is 30.5 Å². The van der Waals surface area contributed by atoms with Crippen LogP contribution in [0.1, 0.15) is 24.5 Å². The fourth-order valence-corrected chi connectivity index (χ4v) is 3.84. The van der Waals surface area contributed by atoms with Gasteiger partial charge in [0, 0.05) is 37.9 Å². The van der Waals surface area contributed by atoms with Crippen molar-refractivity contribution in [3.05, 3.63) is 36.2 Å². The van der Waals surface area contributed by atoms with E-state index in [-0.39, 0.29) is 5.92 Å². The van der Waals surface area contributed by atoms with Crippen LogP contribution in [0, 0.1) is 0 Å². The van der Waals surface area contributed by atoms with Crippen LogP contribution in [0.2, 0.25) is 0 Å². The van der Waals surface area contributed by atoms with Crippen LogP contribution in [0.4, 0.5) is 0 Å². The van der Waals surface area contributed by atoms with E-state index in [0.717, 1.165) is 29.9 Å². The number of aryl methyl sites for hydroxylation is 1. The fraction of sp³-hybridized carbons (Fsp3) is 0.467. The SMILES string of the molecule is Cn1nccc1-c1cccc([C@@H]2CCCN(S(C)(=O)=O)C2)n1. The summed E-state index contributed by atoms with van der Waals surface area (Å²) in [6.07, 6.45) is 4.85. The Labute approximate surface area is 130 Å². The van der Waals surface area contributed by atoms with Crippen LogP contribution in [0.25, 0.3) is 11.4 Å². The molecule has 0 aromatic carbocycles. The molecule has 0 saturated carbocycles. The van der Waals surface area contributed by atoms with Crippen molar-refractivity contribution in [2.75, 3.05) is 19.3 Å². The molecular formula is C15H20N4O2S. The van der Waals surface area contributed by atoms with Gasteiger partial charge in [-0.05, 0) is 31.0 Å². The number of pyridine rings is 1. The first kappa shape index (κ1) is 15.2. The molecule has 2 aromatic rings. The standard InChI is InChI=1S/C15H20N4O2S/c1-18-15(8-9-16-18)14-7-3-6-13(17-14)12-5-4-10-19(11-12)22(2,20)21/h3,6-9,12H,4-5,10-11H2,1-2H3/t12-/m1/s1. The Balaban J connectivity index is 1.88. The van der Waals surface area contributed by atoms with Crippen molar-refractivity contribution >= 4 is 10.0 Å². The second-order valence-corrected chi connectivity index (χ2v) is 7.73. The van der Waals surface area contributed by atoms with Gasteiger partial charge in [0.2, 0.25) is 10.0 Å². The number of aromatic nitrogens is 3. The van der Waals surface area contributed by atoms with Crippen LogP contribution in [0.5, 0.6) is 0 Å². The predicted molar refractivity (Wildman–Crippen MR) is 84.8 cm³/mol. The van der Waals surface area contributed by atoms with Gasteiger partial charge in [-0.3, -0.25) is 9.67 Å². The number of piperidine rings is 1. The lowest BCUT2D eigenvalue weighted by Crippen LogP contribution is -2.38. The molecule has 22 heavy (non-hydrogen) atoms. The summed E-state index contributed by atoms with van der Waals surface area (Å²) in [5.41, 5.74) is 2.78. The number of sulfonamides is 1. The first-order valence-corrected chi connectivity index (χ1v) is 9.20. The number of hydrogen-bond acceptors (Lipinski definition) is 4. The van der Waals surface area contributed by atoms with E-state index in [2.05, 4.69) is 5.10 Å². The topological polar surface area (TPSA) is 68.1 Å². The van der Waals surface area contributed by atoms with E-state index >= 15 is 0 Å². The molecule has 1 saturated heterocycles. The average Bonchev–Trinajstić information content (AvgIpc) is 2.93. The fourth-order valence-electron chi connectivity index (χ4n) is 2.93. The molecule has 0 N–H and O–H groups in total. The number of nitrogens with zero attached hydrogens (tertiary/aromatic N) is 4. The highest BCUT2D eigenvalue weighted by molar-refractivity contribution is 7.88. The van der Waals surface area contributed by atoms with Crippen molar-refractivity contribution < 1.29 is 8.42 Å². The van der Waals surface area contributed by atoms with E-state index in [4.69, 9.17) is 4.98 Å². The summed E-state index contributed by atoms with van der Waals surface area (Å²) in [7, 11) is -1.25. The zero-order chi connectivity index (χ0) is 15.7. The predicted octanol–water partition coefficient (Wildman–Crippen LogP) is 1.62. The molecule has 1 aliphatic heterocycles. The lowest BCUT2D eigenvalue weighted by molar-refractivity contribution is 0.314. The summed E-state index contributed by atoms with van der Waals surface area (Å²) in [5.74, 6) is 0.150. The normalized spacial score (nSPS) is 20.2. The van der Waals surface area contributed by atoms with Crippen molar-refractivity contribution in [1.29, 1.82) is 0 Å². The Hall–Kier alpha value is -1.73. The lowest BCUT2D eigenvalue weighted by Gasteiger charge is -2.30. The summed E-state index contributed by atoms with van der Waals surface area (Å²) in [5, 5.41) is 4.17. The van der Waals surface area contributed by atoms with Gasteiger partial charge in [0.15, 0.2) is 0 Å². The third-order valence-electron chi connectivity index (χ3n) is 4.13. The smallest absolute Gasteiger partial charge is 0.211 e. The third kappa shape index (κ3) is 3.05. The van der Waals surface area contributed by atoms with Crippen molar-refractivity contribution in [1.82, 2.24) is 19.1 Å².